The second-order valence-electron chi connectivity index (χ2n) is 5.93. The molecule has 2 aromatic rings. The molecule has 0 atom stereocenters. The van der Waals surface area contributed by atoms with Crippen molar-refractivity contribution in [1.29, 1.82) is 0 Å². The summed E-state index contributed by atoms with van der Waals surface area (Å²) in [6.07, 6.45) is 3.25. The number of hydrogen-bond acceptors (Lipinski definition) is 4. The van der Waals surface area contributed by atoms with Crippen LogP contribution >= 0.6 is 23.6 Å². The van der Waals surface area contributed by atoms with Crippen LogP contribution < -0.4 is 10.6 Å². The van der Waals surface area contributed by atoms with E-state index in [0.29, 0.717) is 6.42 Å². The smallest absolute Gasteiger partial charge is 0.341 e. The van der Waals surface area contributed by atoms with Crippen LogP contribution in [0.5, 0.6) is 0 Å². The minimum absolute atomic E-state index is 0.253. The van der Waals surface area contributed by atoms with Crippen molar-refractivity contribution < 1.29 is 31.5 Å². The van der Waals surface area contributed by atoms with E-state index in [9.17, 15) is 26.7 Å². The molecule has 0 saturated heterocycles. The molecule has 0 bridgehead atoms. The Morgan fingerprint density at radius 3 is 2.14 bits per heavy atom. The van der Waals surface area contributed by atoms with Crippen molar-refractivity contribution in [1.82, 2.24) is 0 Å². The highest BCUT2D eigenvalue weighted by atomic mass is 32.1. The van der Waals surface area contributed by atoms with Crippen molar-refractivity contribution in [2.24, 2.45) is 0 Å². The molecule has 1 heterocycles. The highest BCUT2D eigenvalue weighted by molar-refractivity contribution is 7.80. The standard InChI is InChI=1S/C17H13F5N2O2S2/c1-26-16(25)8-6-4-2-3-5-7(6)28-15(8)24-17(27)23-14-12(21)10(19)9(18)11(20)13(14)22/h2-5H2,1H3,(H2,23,24,27). The third-order valence-corrected chi connectivity index (χ3v) is 5.65. The van der Waals surface area contributed by atoms with Crippen LogP contribution in [0.1, 0.15) is 33.6 Å². The average Bonchev–Trinajstić information content (AvgIpc) is 3.05. The summed E-state index contributed by atoms with van der Waals surface area (Å²) in [4.78, 5) is 13.1. The molecule has 11 heteroatoms. The number of nitrogens with one attached hydrogen (secondary N) is 2. The van der Waals surface area contributed by atoms with Gasteiger partial charge in [0.25, 0.3) is 0 Å². The summed E-state index contributed by atoms with van der Waals surface area (Å²) >= 11 is 6.17. The van der Waals surface area contributed by atoms with Gasteiger partial charge in [-0.05, 0) is 43.5 Å². The zero-order valence-electron chi connectivity index (χ0n) is 14.4. The summed E-state index contributed by atoms with van der Waals surface area (Å²) in [5.74, 6) is -11.1. The molecule has 2 N–H and O–H groups in total. The lowest BCUT2D eigenvalue weighted by Crippen LogP contribution is -2.22. The van der Waals surface area contributed by atoms with Crippen LogP contribution in [0.25, 0.3) is 0 Å². The molecule has 1 aliphatic rings. The topological polar surface area (TPSA) is 50.4 Å². The molecule has 3 rings (SSSR count). The third kappa shape index (κ3) is 3.55. The number of thiophene rings is 1. The Kier molecular flexibility index (Phi) is 5.84. The van der Waals surface area contributed by atoms with Gasteiger partial charge in [0.15, 0.2) is 28.4 Å². The van der Waals surface area contributed by atoms with Gasteiger partial charge in [-0.2, -0.15) is 0 Å². The summed E-state index contributed by atoms with van der Waals surface area (Å²) < 4.78 is 72.2. The van der Waals surface area contributed by atoms with Gasteiger partial charge in [-0.15, -0.1) is 11.3 Å². The van der Waals surface area contributed by atoms with Gasteiger partial charge in [0.1, 0.15) is 10.7 Å². The quantitative estimate of drug-likeness (QED) is 0.235. The van der Waals surface area contributed by atoms with Gasteiger partial charge in [0.2, 0.25) is 5.82 Å². The highest BCUT2D eigenvalue weighted by Crippen LogP contribution is 2.38. The third-order valence-electron chi connectivity index (χ3n) is 4.24. The molecule has 0 amide bonds. The summed E-state index contributed by atoms with van der Waals surface area (Å²) in [6, 6.07) is 0. The molecule has 0 radical (unpaired) electrons. The minimum Gasteiger partial charge on any atom is -0.465 e. The molecule has 28 heavy (non-hydrogen) atoms. The van der Waals surface area contributed by atoms with Gasteiger partial charge in [-0.3, -0.25) is 0 Å². The van der Waals surface area contributed by atoms with Crippen LogP contribution in [0.4, 0.5) is 32.6 Å². The van der Waals surface area contributed by atoms with E-state index in [2.05, 4.69) is 5.32 Å². The van der Waals surface area contributed by atoms with Crippen molar-refractivity contribution in [3.05, 3.63) is 45.1 Å². The Balaban J connectivity index is 1.91. The summed E-state index contributed by atoms with van der Waals surface area (Å²) in [5.41, 5.74) is -0.219. The molecule has 0 unspecified atom stereocenters. The molecule has 150 valence electrons. The first-order valence-corrected chi connectivity index (χ1v) is 9.31. The number of rotatable bonds is 3. The number of halogens is 5. The van der Waals surface area contributed by atoms with Crippen LogP contribution in [0.2, 0.25) is 0 Å². The van der Waals surface area contributed by atoms with E-state index >= 15 is 0 Å². The number of hydrogen-bond donors (Lipinski definition) is 2. The number of ether oxygens (including phenoxy) is 1. The lowest BCUT2D eigenvalue weighted by Gasteiger charge is -2.14. The number of carbonyl (C=O) groups excluding carboxylic acids is 1. The van der Waals surface area contributed by atoms with E-state index in [0.717, 1.165) is 29.7 Å². The number of aryl methyl sites for hydroxylation is 1. The fourth-order valence-corrected chi connectivity index (χ4v) is 4.49. The lowest BCUT2D eigenvalue weighted by atomic mass is 9.95. The predicted molar refractivity (Wildman–Crippen MR) is 98.4 cm³/mol. The zero-order chi connectivity index (χ0) is 20.6. The van der Waals surface area contributed by atoms with Gasteiger partial charge in [0.05, 0.1) is 12.7 Å². The average molecular weight is 436 g/mol. The maximum Gasteiger partial charge on any atom is 0.341 e. The summed E-state index contributed by atoms with van der Waals surface area (Å²) in [7, 11) is 1.21. The molecular formula is C17H13F5N2O2S2. The van der Waals surface area contributed by atoms with E-state index in [1.165, 1.54) is 18.4 Å². The van der Waals surface area contributed by atoms with E-state index in [-0.39, 0.29) is 10.6 Å². The number of esters is 1. The van der Waals surface area contributed by atoms with E-state index in [4.69, 9.17) is 17.0 Å². The second kappa shape index (κ2) is 8.00. The first kappa shape index (κ1) is 20.5. The summed E-state index contributed by atoms with van der Waals surface area (Å²) in [5, 5.41) is 4.42. The summed E-state index contributed by atoms with van der Waals surface area (Å²) in [6.45, 7) is 0. The molecule has 1 aliphatic carbocycles. The Morgan fingerprint density at radius 2 is 1.54 bits per heavy atom. The van der Waals surface area contributed by atoms with E-state index in [1.54, 1.807) is 0 Å². The van der Waals surface area contributed by atoms with E-state index in [1.807, 2.05) is 5.32 Å². The largest absolute Gasteiger partial charge is 0.465 e. The molecule has 4 nitrogen and oxygen atoms in total. The Hall–Kier alpha value is -2.27. The maximum atomic E-state index is 13.8. The maximum absolute atomic E-state index is 13.8. The monoisotopic (exact) mass is 436 g/mol. The molecule has 0 spiro atoms. The fourth-order valence-electron chi connectivity index (χ4n) is 2.93. The Morgan fingerprint density at radius 1 is 0.964 bits per heavy atom. The minimum atomic E-state index is -2.27. The number of methoxy groups -OCH3 is 1. The molecule has 1 aromatic heterocycles. The first-order chi connectivity index (χ1) is 13.3. The van der Waals surface area contributed by atoms with Crippen molar-refractivity contribution in [2.45, 2.75) is 25.7 Å². The van der Waals surface area contributed by atoms with Gasteiger partial charge < -0.3 is 15.4 Å². The van der Waals surface area contributed by atoms with Crippen LogP contribution in [-0.4, -0.2) is 18.2 Å². The lowest BCUT2D eigenvalue weighted by molar-refractivity contribution is 0.0601. The number of carbonyl (C=O) groups is 1. The van der Waals surface area contributed by atoms with Crippen LogP contribution in [0.15, 0.2) is 0 Å². The van der Waals surface area contributed by atoms with Crippen molar-refractivity contribution in [3.8, 4) is 0 Å². The zero-order valence-corrected chi connectivity index (χ0v) is 16.0. The van der Waals surface area contributed by atoms with Crippen molar-refractivity contribution in [3.63, 3.8) is 0 Å². The van der Waals surface area contributed by atoms with Gasteiger partial charge in [-0.25, -0.2) is 26.7 Å². The molecule has 1 aromatic carbocycles. The molecule has 0 fully saturated rings. The second-order valence-corrected chi connectivity index (χ2v) is 7.44. The Labute approximate surface area is 165 Å². The fraction of sp³-hybridized carbons (Fsp3) is 0.294. The molecule has 0 aliphatic heterocycles. The van der Waals surface area contributed by atoms with Crippen molar-refractivity contribution >= 4 is 45.3 Å². The van der Waals surface area contributed by atoms with E-state index < -0.39 is 45.9 Å². The van der Waals surface area contributed by atoms with Crippen LogP contribution in [0, 0.1) is 29.1 Å². The van der Waals surface area contributed by atoms with Crippen LogP contribution in [0.3, 0.4) is 0 Å². The SMILES string of the molecule is COC(=O)c1c(NC(=S)Nc2c(F)c(F)c(F)c(F)c2F)sc2c1CCCC2. The van der Waals surface area contributed by atoms with Gasteiger partial charge in [-0.1, -0.05) is 0 Å². The number of fused-ring (bicyclic) bond motifs is 1. The number of anilines is 2. The van der Waals surface area contributed by atoms with Gasteiger partial charge in [0, 0.05) is 4.88 Å². The first-order valence-electron chi connectivity index (χ1n) is 8.08. The molecular weight excluding hydrogens is 423 g/mol. The van der Waals surface area contributed by atoms with Crippen molar-refractivity contribution in [2.75, 3.05) is 17.7 Å². The number of thiocarbonyl (C=S) groups is 1. The predicted octanol–water partition coefficient (Wildman–Crippen LogP) is 4.92. The normalized spacial score (nSPS) is 13.1. The van der Waals surface area contributed by atoms with Gasteiger partial charge >= 0.3 is 5.97 Å². The number of benzene rings is 1. The van der Waals surface area contributed by atoms with Crippen LogP contribution in [-0.2, 0) is 17.6 Å². The molecule has 0 saturated carbocycles. The highest BCUT2D eigenvalue weighted by Gasteiger charge is 2.28. The Bertz CT molecular complexity index is 948.